The lowest BCUT2D eigenvalue weighted by atomic mass is 10.00. The number of carbonyl (C=O) groups is 1. The van der Waals surface area contributed by atoms with E-state index in [1.165, 1.54) is 0 Å². The minimum atomic E-state index is -0.0612. The second kappa shape index (κ2) is 5.50. The molecule has 18 heavy (non-hydrogen) atoms. The molecule has 0 aliphatic carbocycles. The van der Waals surface area contributed by atoms with Crippen LogP contribution < -0.4 is 0 Å². The van der Waals surface area contributed by atoms with Gasteiger partial charge in [-0.2, -0.15) is 0 Å². The van der Waals surface area contributed by atoms with E-state index in [2.05, 4.69) is 6.92 Å². The summed E-state index contributed by atoms with van der Waals surface area (Å²) in [7, 11) is 0. The van der Waals surface area contributed by atoms with E-state index in [9.17, 15) is 9.90 Å². The van der Waals surface area contributed by atoms with Crippen LogP contribution in [0, 0.1) is 0 Å². The van der Waals surface area contributed by atoms with Crippen LogP contribution >= 0.6 is 0 Å². The summed E-state index contributed by atoms with van der Waals surface area (Å²) in [5, 5.41) is 9.87. The Morgan fingerprint density at radius 3 is 2.39 bits per heavy atom. The van der Waals surface area contributed by atoms with Crippen LogP contribution in [0.25, 0.3) is 0 Å². The molecule has 0 unspecified atom stereocenters. The van der Waals surface area contributed by atoms with E-state index in [0.717, 1.165) is 18.4 Å². The summed E-state index contributed by atoms with van der Waals surface area (Å²) in [5.74, 6) is 0.146. The third-order valence-corrected chi connectivity index (χ3v) is 2.90. The van der Waals surface area contributed by atoms with E-state index in [1.807, 2.05) is 24.3 Å². The van der Waals surface area contributed by atoms with Crippen LogP contribution in [0.2, 0.25) is 0 Å². The normalized spacial score (nSPS) is 10.3. The zero-order valence-corrected chi connectivity index (χ0v) is 10.4. The van der Waals surface area contributed by atoms with Crippen molar-refractivity contribution < 1.29 is 9.90 Å². The van der Waals surface area contributed by atoms with Gasteiger partial charge >= 0.3 is 0 Å². The first kappa shape index (κ1) is 12.4. The first-order valence-electron chi connectivity index (χ1n) is 6.14. The standard InChI is InChI=1S/C16H16O2/c1-2-6-12-9-10-14(11-15(12)17)16(18)13-7-4-3-5-8-13/h3-5,7-11,17H,2,6H2,1H3. The third-order valence-electron chi connectivity index (χ3n) is 2.90. The van der Waals surface area contributed by atoms with Crippen molar-refractivity contribution in [1.82, 2.24) is 0 Å². The average molecular weight is 240 g/mol. The molecule has 0 heterocycles. The molecule has 2 aromatic rings. The molecule has 0 aliphatic heterocycles. The quantitative estimate of drug-likeness (QED) is 0.829. The molecule has 0 radical (unpaired) electrons. The lowest BCUT2D eigenvalue weighted by Crippen LogP contribution is -2.01. The predicted octanol–water partition coefficient (Wildman–Crippen LogP) is 3.58. The molecule has 0 amide bonds. The zero-order valence-electron chi connectivity index (χ0n) is 10.4. The lowest BCUT2D eigenvalue weighted by Gasteiger charge is -2.06. The third kappa shape index (κ3) is 2.59. The average Bonchev–Trinajstić information content (AvgIpc) is 2.41. The predicted molar refractivity (Wildman–Crippen MR) is 72.0 cm³/mol. The van der Waals surface area contributed by atoms with Crippen LogP contribution in [0.3, 0.4) is 0 Å². The number of carbonyl (C=O) groups excluding carboxylic acids is 1. The van der Waals surface area contributed by atoms with Gasteiger partial charge in [0.1, 0.15) is 5.75 Å². The monoisotopic (exact) mass is 240 g/mol. The Kier molecular flexibility index (Phi) is 3.78. The van der Waals surface area contributed by atoms with Gasteiger partial charge < -0.3 is 5.11 Å². The van der Waals surface area contributed by atoms with Crippen LogP contribution in [0.4, 0.5) is 0 Å². The van der Waals surface area contributed by atoms with Crippen molar-refractivity contribution in [3.8, 4) is 5.75 Å². The number of ketones is 1. The first-order chi connectivity index (χ1) is 8.72. The number of benzene rings is 2. The zero-order chi connectivity index (χ0) is 13.0. The van der Waals surface area contributed by atoms with Gasteiger partial charge in [-0.15, -0.1) is 0 Å². The van der Waals surface area contributed by atoms with E-state index in [0.29, 0.717) is 11.1 Å². The fraction of sp³-hybridized carbons (Fsp3) is 0.188. The number of phenols is 1. The number of hydrogen-bond donors (Lipinski definition) is 1. The minimum Gasteiger partial charge on any atom is -0.508 e. The highest BCUT2D eigenvalue weighted by Crippen LogP contribution is 2.22. The Morgan fingerprint density at radius 2 is 1.78 bits per heavy atom. The molecule has 2 heteroatoms. The fourth-order valence-corrected chi connectivity index (χ4v) is 1.94. The summed E-state index contributed by atoms with van der Waals surface area (Å²) in [5.41, 5.74) is 2.06. The van der Waals surface area contributed by atoms with Gasteiger partial charge in [-0.1, -0.05) is 55.8 Å². The molecule has 2 nitrogen and oxygen atoms in total. The molecule has 1 N–H and O–H groups in total. The van der Waals surface area contributed by atoms with Crippen LogP contribution in [-0.4, -0.2) is 10.9 Å². The SMILES string of the molecule is CCCc1ccc(C(=O)c2ccccc2)cc1O. The Hall–Kier alpha value is -2.09. The number of phenolic OH excluding ortho intramolecular Hbond substituents is 1. The molecule has 0 saturated carbocycles. The van der Waals surface area contributed by atoms with Gasteiger partial charge in [-0.3, -0.25) is 4.79 Å². The summed E-state index contributed by atoms with van der Waals surface area (Å²) in [6.07, 6.45) is 1.80. The summed E-state index contributed by atoms with van der Waals surface area (Å²) < 4.78 is 0. The van der Waals surface area contributed by atoms with E-state index in [1.54, 1.807) is 24.3 Å². The van der Waals surface area contributed by atoms with Crippen LogP contribution in [0.1, 0.15) is 34.8 Å². The lowest BCUT2D eigenvalue weighted by molar-refractivity contribution is 0.103. The summed E-state index contributed by atoms with van der Waals surface area (Å²) in [6.45, 7) is 2.06. The summed E-state index contributed by atoms with van der Waals surface area (Å²) in [6, 6.07) is 14.3. The molecule has 2 rings (SSSR count). The molecule has 92 valence electrons. The molecule has 0 aromatic heterocycles. The highest BCUT2D eigenvalue weighted by atomic mass is 16.3. The van der Waals surface area contributed by atoms with Crippen molar-refractivity contribution in [1.29, 1.82) is 0 Å². The first-order valence-corrected chi connectivity index (χ1v) is 6.14. The molecule has 0 fully saturated rings. The number of aromatic hydroxyl groups is 1. The van der Waals surface area contributed by atoms with Crippen LogP contribution in [-0.2, 0) is 6.42 Å². The van der Waals surface area contributed by atoms with Gasteiger partial charge in [-0.25, -0.2) is 0 Å². The highest BCUT2D eigenvalue weighted by molar-refractivity contribution is 6.09. The van der Waals surface area contributed by atoms with Crippen molar-refractivity contribution in [2.24, 2.45) is 0 Å². The Labute approximate surface area is 107 Å². The van der Waals surface area contributed by atoms with Gasteiger partial charge in [0, 0.05) is 11.1 Å². The van der Waals surface area contributed by atoms with Crippen molar-refractivity contribution in [3.63, 3.8) is 0 Å². The van der Waals surface area contributed by atoms with E-state index in [-0.39, 0.29) is 11.5 Å². The maximum atomic E-state index is 12.2. The molecule has 0 saturated heterocycles. The largest absolute Gasteiger partial charge is 0.508 e. The van der Waals surface area contributed by atoms with E-state index < -0.39 is 0 Å². The molecular formula is C16H16O2. The van der Waals surface area contributed by atoms with E-state index >= 15 is 0 Å². The van der Waals surface area contributed by atoms with Gasteiger partial charge in [0.05, 0.1) is 0 Å². The highest BCUT2D eigenvalue weighted by Gasteiger charge is 2.10. The van der Waals surface area contributed by atoms with Crippen LogP contribution in [0.5, 0.6) is 5.75 Å². The molecule has 0 spiro atoms. The fourth-order valence-electron chi connectivity index (χ4n) is 1.94. The van der Waals surface area contributed by atoms with Crippen molar-refractivity contribution >= 4 is 5.78 Å². The maximum Gasteiger partial charge on any atom is 0.193 e. The minimum absolute atomic E-state index is 0.0612. The second-order valence-electron chi connectivity index (χ2n) is 4.29. The van der Waals surface area contributed by atoms with Crippen molar-refractivity contribution in [2.75, 3.05) is 0 Å². The maximum absolute atomic E-state index is 12.2. The number of hydrogen-bond acceptors (Lipinski definition) is 2. The number of aryl methyl sites for hydroxylation is 1. The van der Waals surface area contributed by atoms with Gasteiger partial charge in [0.15, 0.2) is 5.78 Å². The van der Waals surface area contributed by atoms with Crippen molar-refractivity contribution in [2.45, 2.75) is 19.8 Å². The smallest absolute Gasteiger partial charge is 0.193 e. The van der Waals surface area contributed by atoms with Gasteiger partial charge in [0.2, 0.25) is 0 Å². The second-order valence-corrected chi connectivity index (χ2v) is 4.29. The molecule has 0 bridgehead atoms. The van der Waals surface area contributed by atoms with Crippen LogP contribution in [0.15, 0.2) is 48.5 Å². The molecule has 0 atom stereocenters. The molecule has 2 aromatic carbocycles. The molecular weight excluding hydrogens is 224 g/mol. The summed E-state index contributed by atoms with van der Waals surface area (Å²) in [4.78, 5) is 12.2. The van der Waals surface area contributed by atoms with Gasteiger partial charge in [0.25, 0.3) is 0 Å². The van der Waals surface area contributed by atoms with E-state index in [4.69, 9.17) is 0 Å². The Bertz CT molecular complexity index is 544. The Morgan fingerprint density at radius 1 is 1.06 bits per heavy atom. The number of rotatable bonds is 4. The van der Waals surface area contributed by atoms with Gasteiger partial charge in [-0.05, 0) is 18.1 Å². The Balaban J connectivity index is 2.30. The topological polar surface area (TPSA) is 37.3 Å². The van der Waals surface area contributed by atoms with Crippen molar-refractivity contribution in [3.05, 3.63) is 65.2 Å². The molecule has 0 aliphatic rings. The summed E-state index contributed by atoms with van der Waals surface area (Å²) >= 11 is 0.